The highest BCUT2D eigenvalue weighted by Crippen LogP contribution is 2.36. The van der Waals surface area contributed by atoms with Crippen LogP contribution < -0.4 is 20.9 Å². The van der Waals surface area contributed by atoms with Crippen LogP contribution in [0.2, 0.25) is 0 Å². The van der Waals surface area contributed by atoms with Gasteiger partial charge < -0.3 is 20.9 Å². The Morgan fingerprint density at radius 3 is 2.72 bits per heavy atom. The lowest BCUT2D eigenvalue weighted by atomic mass is 10.1. The van der Waals surface area contributed by atoms with E-state index in [4.69, 9.17) is 0 Å². The molecule has 0 aliphatic carbocycles. The van der Waals surface area contributed by atoms with Crippen LogP contribution in [-0.4, -0.2) is 30.6 Å². The highest BCUT2D eigenvalue weighted by molar-refractivity contribution is 6.04. The summed E-state index contributed by atoms with van der Waals surface area (Å²) in [7, 11) is 0. The first-order chi connectivity index (χ1) is 12.1. The van der Waals surface area contributed by atoms with Gasteiger partial charge in [-0.2, -0.15) is 0 Å². The Morgan fingerprint density at radius 1 is 1.16 bits per heavy atom. The lowest BCUT2D eigenvalue weighted by Crippen LogP contribution is -2.44. The molecule has 0 saturated carbocycles. The Labute approximate surface area is 146 Å². The summed E-state index contributed by atoms with van der Waals surface area (Å²) in [5.41, 5.74) is 3.73. The largest absolute Gasteiger partial charge is 0.356 e. The Bertz CT molecular complexity index is 818. The minimum atomic E-state index is -0.248. The van der Waals surface area contributed by atoms with E-state index in [1.165, 1.54) is 0 Å². The van der Waals surface area contributed by atoms with E-state index >= 15 is 0 Å². The van der Waals surface area contributed by atoms with Crippen molar-refractivity contribution in [1.29, 1.82) is 0 Å². The van der Waals surface area contributed by atoms with Gasteiger partial charge in [0.15, 0.2) is 0 Å². The normalized spacial score (nSPS) is 21.2. The van der Waals surface area contributed by atoms with Crippen LogP contribution in [-0.2, 0) is 4.79 Å². The summed E-state index contributed by atoms with van der Waals surface area (Å²) >= 11 is 0. The number of amides is 3. The van der Waals surface area contributed by atoms with E-state index < -0.39 is 0 Å². The molecule has 0 aromatic heterocycles. The van der Waals surface area contributed by atoms with Gasteiger partial charge in [0.25, 0.3) is 0 Å². The predicted octanol–water partition coefficient (Wildman–Crippen LogP) is 2.72. The predicted molar refractivity (Wildman–Crippen MR) is 97.9 cm³/mol. The summed E-state index contributed by atoms with van der Waals surface area (Å²) in [6.45, 7) is 2.62. The highest BCUT2D eigenvalue weighted by atomic mass is 16.2. The van der Waals surface area contributed by atoms with Gasteiger partial charge in [0.05, 0.1) is 17.4 Å². The maximum Gasteiger partial charge on any atom is 0.319 e. The average molecular weight is 336 g/mol. The number of rotatable bonds is 2. The van der Waals surface area contributed by atoms with Gasteiger partial charge >= 0.3 is 6.03 Å². The zero-order valence-electron chi connectivity index (χ0n) is 14.0. The third-order valence-electron chi connectivity index (χ3n) is 4.72. The number of benzene rings is 2. The fourth-order valence-electron chi connectivity index (χ4n) is 3.49. The summed E-state index contributed by atoms with van der Waals surface area (Å²) in [6, 6.07) is 14.8. The molecule has 0 radical (unpaired) electrons. The SMILES string of the molecule is Cc1ccc(NC(=O)NC2CC3C(=O)Nc4ccccc4N3C2)cc1. The van der Waals surface area contributed by atoms with Crippen molar-refractivity contribution < 1.29 is 9.59 Å². The van der Waals surface area contributed by atoms with E-state index in [0.717, 1.165) is 22.6 Å². The Balaban J connectivity index is 1.43. The van der Waals surface area contributed by atoms with Crippen LogP contribution >= 0.6 is 0 Å². The molecule has 4 rings (SSSR count). The number of nitrogens with one attached hydrogen (secondary N) is 3. The molecule has 25 heavy (non-hydrogen) atoms. The van der Waals surface area contributed by atoms with Gasteiger partial charge in [-0.1, -0.05) is 29.8 Å². The number of fused-ring (bicyclic) bond motifs is 3. The maximum absolute atomic E-state index is 12.3. The van der Waals surface area contributed by atoms with Gasteiger partial charge in [0, 0.05) is 12.2 Å². The van der Waals surface area contributed by atoms with E-state index in [-0.39, 0.29) is 24.0 Å². The molecule has 2 aromatic rings. The van der Waals surface area contributed by atoms with Crippen molar-refractivity contribution in [1.82, 2.24) is 5.32 Å². The molecule has 2 atom stereocenters. The van der Waals surface area contributed by atoms with Crippen molar-refractivity contribution >= 4 is 29.0 Å². The highest BCUT2D eigenvalue weighted by Gasteiger charge is 2.41. The fraction of sp³-hybridized carbons (Fsp3) is 0.263. The number of carbonyl (C=O) groups is 2. The average Bonchev–Trinajstić information content (AvgIpc) is 3.01. The van der Waals surface area contributed by atoms with Gasteiger partial charge in [0.2, 0.25) is 5.91 Å². The molecule has 0 bridgehead atoms. The van der Waals surface area contributed by atoms with Gasteiger partial charge in [-0.3, -0.25) is 4.79 Å². The number of nitrogens with zero attached hydrogens (tertiary/aromatic N) is 1. The molecule has 1 fully saturated rings. The van der Waals surface area contributed by atoms with Crippen molar-refractivity contribution in [3.05, 3.63) is 54.1 Å². The zero-order valence-corrected chi connectivity index (χ0v) is 14.0. The van der Waals surface area contributed by atoms with Crippen molar-refractivity contribution in [2.45, 2.75) is 25.4 Å². The minimum Gasteiger partial charge on any atom is -0.356 e. The third-order valence-corrected chi connectivity index (χ3v) is 4.72. The first-order valence-corrected chi connectivity index (χ1v) is 8.41. The van der Waals surface area contributed by atoms with Crippen LogP contribution in [0, 0.1) is 6.92 Å². The molecule has 1 saturated heterocycles. The third kappa shape index (κ3) is 3.03. The smallest absolute Gasteiger partial charge is 0.319 e. The van der Waals surface area contributed by atoms with Crippen LogP contribution in [0.3, 0.4) is 0 Å². The molecule has 3 N–H and O–H groups in total. The first-order valence-electron chi connectivity index (χ1n) is 8.41. The van der Waals surface area contributed by atoms with E-state index in [2.05, 4.69) is 20.9 Å². The van der Waals surface area contributed by atoms with Gasteiger partial charge in [0.1, 0.15) is 6.04 Å². The fourth-order valence-corrected chi connectivity index (χ4v) is 3.49. The number of anilines is 3. The maximum atomic E-state index is 12.3. The molecule has 3 amide bonds. The lowest BCUT2D eigenvalue weighted by Gasteiger charge is -2.32. The molecular weight excluding hydrogens is 316 g/mol. The molecule has 2 aromatic carbocycles. The van der Waals surface area contributed by atoms with Crippen molar-refractivity contribution in [2.24, 2.45) is 0 Å². The van der Waals surface area contributed by atoms with Crippen LogP contribution in [0.25, 0.3) is 0 Å². The molecule has 6 heteroatoms. The van der Waals surface area contributed by atoms with Gasteiger partial charge in [-0.15, -0.1) is 0 Å². The van der Waals surface area contributed by atoms with Crippen LogP contribution in [0.1, 0.15) is 12.0 Å². The Kier molecular flexibility index (Phi) is 3.80. The Hall–Kier alpha value is -3.02. The number of urea groups is 1. The van der Waals surface area contributed by atoms with Crippen molar-refractivity contribution in [3.8, 4) is 0 Å². The Morgan fingerprint density at radius 2 is 1.92 bits per heavy atom. The topological polar surface area (TPSA) is 73.5 Å². The van der Waals surface area contributed by atoms with Gasteiger partial charge in [-0.25, -0.2) is 4.79 Å². The summed E-state index contributed by atoms with van der Waals surface area (Å²) in [5.74, 6) is -0.0121. The molecule has 2 heterocycles. The molecule has 2 unspecified atom stereocenters. The van der Waals surface area contributed by atoms with Crippen LogP contribution in [0.15, 0.2) is 48.5 Å². The molecule has 2 aliphatic rings. The second-order valence-electron chi connectivity index (χ2n) is 6.57. The number of para-hydroxylation sites is 2. The summed E-state index contributed by atoms with van der Waals surface area (Å²) in [5, 5.41) is 8.76. The molecule has 128 valence electrons. The minimum absolute atomic E-state index is 0.0121. The van der Waals surface area contributed by atoms with Crippen molar-refractivity contribution in [3.63, 3.8) is 0 Å². The van der Waals surface area contributed by atoms with Gasteiger partial charge in [-0.05, 0) is 37.6 Å². The summed E-state index contributed by atoms with van der Waals surface area (Å²) in [6.07, 6.45) is 0.599. The standard InChI is InChI=1S/C19H20N4O2/c1-12-6-8-13(9-7-12)20-19(25)21-14-10-17-18(24)22-15-4-2-3-5-16(15)23(17)11-14/h2-9,14,17H,10-11H2,1H3,(H,22,24)(H2,20,21,25). The second-order valence-corrected chi connectivity index (χ2v) is 6.57. The van der Waals surface area contributed by atoms with E-state index in [9.17, 15) is 9.59 Å². The lowest BCUT2D eigenvalue weighted by molar-refractivity contribution is -0.117. The molecule has 0 spiro atoms. The van der Waals surface area contributed by atoms with Crippen LogP contribution in [0.4, 0.5) is 21.9 Å². The molecule has 2 aliphatic heterocycles. The monoisotopic (exact) mass is 336 g/mol. The zero-order chi connectivity index (χ0) is 17.4. The summed E-state index contributed by atoms with van der Waals surface area (Å²) in [4.78, 5) is 26.6. The van der Waals surface area contributed by atoms with E-state index in [0.29, 0.717) is 13.0 Å². The first kappa shape index (κ1) is 15.5. The number of hydrogen-bond acceptors (Lipinski definition) is 3. The van der Waals surface area contributed by atoms with E-state index in [1.807, 2.05) is 55.5 Å². The number of hydrogen-bond donors (Lipinski definition) is 3. The molecular formula is C19H20N4O2. The number of carbonyl (C=O) groups excluding carboxylic acids is 2. The summed E-state index contributed by atoms with van der Waals surface area (Å²) < 4.78 is 0. The quantitative estimate of drug-likeness (QED) is 0.789. The van der Waals surface area contributed by atoms with Crippen LogP contribution in [0.5, 0.6) is 0 Å². The molecule has 6 nitrogen and oxygen atoms in total. The van der Waals surface area contributed by atoms with Crippen molar-refractivity contribution in [2.75, 3.05) is 22.1 Å². The van der Waals surface area contributed by atoms with E-state index in [1.54, 1.807) is 0 Å². The second kappa shape index (κ2) is 6.12. The number of aryl methyl sites for hydroxylation is 1.